The molecule has 5 aliphatic carbocycles. The molecule has 3 heterocycles. The second-order valence-electron chi connectivity index (χ2n) is 23.1. The van der Waals surface area contributed by atoms with Gasteiger partial charge in [0.05, 0.1) is 25.9 Å². The van der Waals surface area contributed by atoms with Gasteiger partial charge in [-0.05, 0) is 97.2 Å². The largest absolute Gasteiger partial charge is 0.467 e. The molecular formula is C47H76O19. The summed E-state index contributed by atoms with van der Waals surface area (Å²) in [5.74, 6) is -0.607. The SMILES string of the molecule is COC(=O)[C@H]1O[C@H](O[C@H]2CC[C@@]3(C)[C@@H](CC[C@]4(C)[C@H]3CC=C3[C@H]5CC(C)(C)C[C@H](O)[C@]5(C)CC[C@]34C)[C@@]2(C)CO)[C@H](O[C@H]2O[C@H](O)[C@@H](O)[C@H](O)[C@H]2O[C@H]2O[C@H](O)[C@@H](O)[C@H](O)[C@H]2O)[C@@H](O)[C@@H]1O. The smallest absolute Gasteiger partial charge is 0.337 e. The first kappa shape index (κ1) is 50.9. The molecule has 0 spiro atoms. The first-order chi connectivity index (χ1) is 30.7. The number of fused-ring (bicyclic) bond motifs is 7. The van der Waals surface area contributed by atoms with Crippen LogP contribution in [0.15, 0.2) is 11.6 Å². The fourth-order valence-corrected chi connectivity index (χ4v) is 14.8. The third-order valence-electron chi connectivity index (χ3n) is 19.1. The van der Waals surface area contributed by atoms with Gasteiger partial charge in [-0.2, -0.15) is 0 Å². The number of ether oxygens (including phenoxy) is 7. The van der Waals surface area contributed by atoms with E-state index in [2.05, 4.69) is 47.6 Å². The Morgan fingerprint density at radius 3 is 1.86 bits per heavy atom. The lowest BCUT2D eigenvalue weighted by molar-refractivity contribution is -0.417. The maximum absolute atomic E-state index is 13.0. The van der Waals surface area contributed by atoms with E-state index in [1.807, 2.05) is 6.92 Å². The average molecular weight is 945 g/mol. The van der Waals surface area contributed by atoms with E-state index in [-0.39, 0.29) is 57.5 Å². The highest BCUT2D eigenvalue weighted by atomic mass is 16.8. The van der Waals surface area contributed by atoms with Crippen molar-refractivity contribution in [2.45, 2.75) is 211 Å². The molecule has 7 fully saturated rings. The van der Waals surface area contributed by atoms with Crippen LogP contribution in [0.5, 0.6) is 0 Å². The minimum atomic E-state index is -2.12. The van der Waals surface area contributed by atoms with E-state index in [1.165, 1.54) is 5.57 Å². The lowest BCUT2D eigenvalue weighted by Gasteiger charge is -2.72. The Morgan fingerprint density at radius 1 is 0.636 bits per heavy atom. The van der Waals surface area contributed by atoms with E-state index >= 15 is 0 Å². The lowest BCUT2D eigenvalue weighted by Crippen LogP contribution is -2.68. The van der Waals surface area contributed by atoms with Crippen LogP contribution in [0.3, 0.4) is 0 Å². The third kappa shape index (κ3) is 7.77. The molecule has 0 bridgehead atoms. The van der Waals surface area contributed by atoms with Crippen LogP contribution in [0.25, 0.3) is 0 Å². The van der Waals surface area contributed by atoms with Gasteiger partial charge in [-0.3, -0.25) is 0 Å². The molecule has 19 heteroatoms. The molecule has 25 atom stereocenters. The standard InChI is InChI=1S/C47H76O19/c1-42(2)17-21-20-9-10-23-44(4)13-12-25(45(5,19-48)22(44)11-14-47(23,7)46(20,6)16-15-43(21,3)24(49)18-42)61-40-34(28(52)27(51)33(62-40)38(59)60-8)64-41-35(29(53)31(55)37(58)66-41)63-39-32(56)26(50)30(54)36(57)65-39/h9,21-37,39-41,48-58H,10-19H2,1-8H3/t21-,22-,23+,24+,25+,26+,27+,28+,29+,30+,31+,32-,33+,34-,35-,36+,37+,39+,40+,41+,43-,44+,45-,46-,47-/m1/s1. The molecule has 4 saturated carbocycles. The zero-order chi connectivity index (χ0) is 48.4. The molecule has 0 unspecified atom stereocenters. The summed E-state index contributed by atoms with van der Waals surface area (Å²) in [7, 11) is 1.07. The molecule has 0 aromatic rings. The first-order valence-electron chi connectivity index (χ1n) is 23.9. The minimum absolute atomic E-state index is 0.0140. The highest BCUT2D eigenvalue weighted by Gasteiger charge is 2.70. The van der Waals surface area contributed by atoms with Crippen molar-refractivity contribution in [3.8, 4) is 0 Å². The van der Waals surface area contributed by atoms with Crippen LogP contribution in [-0.4, -0.2) is 181 Å². The van der Waals surface area contributed by atoms with Gasteiger partial charge in [-0.25, -0.2) is 4.79 Å². The molecule has 378 valence electrons. The van der Waals surface area contributed by atoms with Gasteiger partial charge in [-0.15, -0.1) is 0 Å². The van der Waals surface area contributed by atoms with Crippen molar-refractivity contribution in [2.24, 2.45) is 50.2 Å². The summed E-state index contributed by atoms with van der Waals surface area (Å²) in [6, 6.07) is 0. The van der Waals surface area contributed by atoms with E-state index in [0.717, 1.165) is 52.1 Å². The van der Waals surface area contributed by atoms with Crippen molar-refractivity contribution in [1.82, 2.24) is 0 Å². The second kappa shape index (κ2) is 17.7. The zero-order valence-corrected chi connectivity index (χ0v) is 39.4. The highest BCUT2D eigenvalue weighted by molar-refractivity contribution is 5.75. The Hall–Kier alpha value is -1.47. The first-order valence-corrected chi connectivity index (χ1v) is 23.9. The van der Waals surface area contributed by atoms with Crippen LogP contribution >= 0.6 is 0 Å². The summed E-state index contributed by atoms with van der Waals surface area (Å²) in [6.07, 6.45) is -20.7. The predicted molar refractivity (Wildman–Crippen MR) is 227 cm³/mol. The summed E-state index contributed by atoms with van der Waals surface area (Å²) in [6.45, 7) is 15.7. The summed E-state index contributed by atoms with van der Waals surface area (Å²) in [5.41, 5.74) is -0.0693. The molecule has 0 radical (unpaired) electrons. The van der Waals surface area contributed by atoms with E-state index < -0.39 is 110 Å². The minimum Gasteiger partial charge on any atom is -0.467 e. The second-order valence-corrected chi connectivity index (χ2v) is 23.1. The van der Waals surface area contributed by atoms with Crippen LogP contribution in [-0.2, 0) is 38.0 Å². The van der Waals surface area contributed by atoms with E-state index in [9.17, 15) is 61.0 Å². The number of allylic oxidation sites excluding steroid dienone is 2. The summed E-state index contributed by atoms with van der Waals surface area (Å²) in [5, 5.41) is 119. The maximum Gasteiger partial charge on any atom is 0.337 e. The van der Waals surface area contributed by atoms with Crippen molar-refractivity contribution >= 4 is 5.97 Å². The number of carbonyl (C=O) groups excluding carboxylic acids is 1. The molecule has 3 aliphatic heterocycles. The van der Waals surface area contributed by atoms with Gasteiger partial charge >= 0.3 is 5.97 Å². The fourth-order valence-electron chi connectivity index (χ4n) is 14.8. The van der Waals surface area contributed by atoms with E-state index in [1.54, 1.807) is 0 Å². The number of esters is 1. The van der Waals surface area contributed by atoms with Gasteiger partial charge in [0, 0.05) is 10.8 Å². The third-order valence-corrected chi connectivity index (χ3v) is 19.1. The average Bonchev–Trinajstić information content (AvgIpc) is 3.26. The van der Waals surface area contributed by atoms with Gasteiger partial charge in [0.25, 0.3) is 0 Å². The number of aliphatic hydroxyl groups excluding tert-OH is 11. The normalized spacial score (nSPS) is 55.9. The molecule has 8 aliphatic rings. The van der Waals surface area contributed by atoms with Gasteiger partial charge in [-0.1, -0.05) is 60.1 Å². The number of aliphatic hydroxyl groups is 11. The molecule has 66 heavy (non-hydrogen) atoms. The van der Waals surface area contributed by atoms with Crippen molar-refractivity contribution in [3.63, 3.8) is 0 Å². The Labute approximate surface area is 385 Å². The van der Waals surface area contributed by atoms with Gasteiger partial charge in [0.15, 0.2) is 37.6 Å². The fraction of sp³-hybridized carbons (Fsp3) is 0.936. The predicted octanol–water partition coefficient (Wildman–Crippen LogP) is -0.320. The monoisotopic (exact) mass is 944 g/mol. The van der Waals surface area contributed by atoms with Crippen molar-refractivity contribution in [3.05, 3.63) is 11.6 Å². The number of hydrogen-bond acceptors (Lipinski definition) is 19. The van der Waals surface area contributed by atoms with Crippen LogP contribution in [0.4, 0.5) is 0 Å². The molecule has 11 N–H and O–H groups in total. The quantitative estimate of drug-likeness (QED) is 0.0844. The number of hydrogen-bond donors (Lipinski definition) is 11. The van der Waals surface area contributed by atoms with Crippen LogP contribution in [0.1, 0.15) is 106 Å². The van der Waals surface area contributed by atoms with Gasteiger partial charge < -0.3 is 89.3 Å². The van der Waals surface area contributed by atoms with Crippen LogP contribution in [0, 0.1) is 50.2 Å². The molecule has 8 rings (SSSR count). The number of carbonyl (C=O) groups is 1. The zero-order valence-electron chi connectivity index (χ0n) is 39.4. The Kier molecular flexibility index (Phi) is 13.6. The van der Waals surface area contributed by atoms with E-state index in [0.29, 0.717) is 12.8 Å². The topological polar surface area (TPSA) is 304 Å². The molecule has 0 amide bonds. The van der Waals surface area contributed by atoms with E-state index in [4.69, 9.17) is 33.2 Å². The maximum atomic E-state index is 13.0. The van der Waals surface area contributed by atoms with Crippen molar-refractivity contribution in [1.29, 1.82) is 0 Å². The molecule has 0 aromatic carbocycles. The lowest BCUT2D eigenvalue weighted by atomic mass is 9.33. The Balaban J connectivity index is 1.08. The Morgan fingerprint density at radius 2 is 1.23 bits per heavy atom. The number of rotatable bonds is 8. The molecule has 19 nitrogen and oxygen atoms in total. The van der Waals surface area contributed by atoms with Crippen LogP contribution in [0.2, 0.25) is 0 Å². The van der Waals surface area contributed by atoms with Gasteiger partial charge in [0.2, 0.25) is 0 Å². The van der Waals surface area contributed by atoms with Crippen LogP contribution < -0.4 is 0 Å². The summed E-state index contributed by atoms with van der Waals surface area (Å²) in [4.78, 5) is 13.0. The number of methoxy groups -OCH3 is 1. The van der Waals surface area contributed by atoms with Gasteiger partial charge in [0.1, 0.15) is 54.9 Å². The summed E-state index contributed by atoms with van der Waals surface area (Å²) < 4.78 is 40.1. The molecule has 3 saturated heterocycles. The Bertz CT molecular complexity index is 1820. The summed E-state index contributed by atoms with van der Waals surface area (Å²) >= 11 is 0. The molecule has 0 aromatic heterocycles. The van der Waals surface area contributed by atoms with Crippen molar-refractivity contribution < 1.29 is 94.1 Å². The van der Waals surface area contributed by atoms with Crippen molar-refractivity contribution in [2.75, 3.05) is 13.7 Å². The molecular weight excluding hydrogens is 868 g/mol. The highest BCUT2D eigenvalue weighted by Crippen LogP contribution is 2.76.